The lowest BCUT2D eigenvalue weighted by molar-refractivity contribution is 0.0288. The van der Waals surface area contributed by atoms with Gasteiger partial charge >= 0.3 is 5.69 Å². The molecule has 1 aliphatic heterocycles. The van der Waals surface area contributed by atoms with Crippen molar-refractivity contribution >= 4 is 22.2 Å². The number of nitrogens with one attached hydrogen (secondary N) is 1. The molecule has 2 atom stereocenters. The fourth-order valence-electron chi connectivity index (χ4n) is 3.70. The minimum Gasteiger partial charge on any atom is -0.381 e. The monoisotopic (exact) mass is 350 g/mol. The van der Waals surface area contributed by atoms with Gasteiger partial charge in [0.15, 0.2) is 5.65 Å². The molecular weight excluding hydrogens is 332 g/mol. The van der Waals surface area contributed by atoms with E-state index in [0.29, 0.717) is 30.3 Å². The van der Waals surface area contributed by atoms with Crippen LogP contribution >= 0.6 is 0 Å². The summed E-state index contributed by atoms with van der Waals surface area (Å²) in [6.07, 6.45) is 4.16. The number of nitrogens with zero attached hydrogens (tertiary/aromatic N) is 5. The van der Waals surface area contributed by atoms with Gasteiger partial charge in [-0.25, -0.2) is 14.8 Å². The second-order valence-electron chi connectivity index (χ2n) is 6.72. The molecule has 5 rings (SSSR count). The van der Waals surface area contributed by atoms with Crippen molar-refractivity contribution in [3.8, 4) is 5.95 Å². The van der Waals surface area contributed by atoms with Crippen LogP contribution in [-0.4, -0.2) is 42.3 Å². The van der Waals surface area contributed by atoms with Gasteiger partial charge in [0, 0.05) is 18.6 Å². The van der Waals surface area contributed by atoms with Gasteiger partial charge in [-0.05, 0) is 18.6 Å². The Labute approximate surface area is 148 Å². The molecule has 26 heavy (non-hydrogen) atoms. The summed E-state index contributed by atoms with van der Waals surface area (Å²) in [5, 5.41) is 0. The van der Waals surface area contributed by atoms with Crippen molar-refractivity contribution in [1.82, 2.24) is 29.1 Å². The second-order valence-corrected chi connectivity index (χ2v) is 6.72. The summed E-state index contributed by atoms with van der Waals surface area (Å²) in [7, 11) is 0. The van der Waals surface area contributed by atoms with Gasteiger partial charge in [0.05, 0.1) is 23.8 Å². The first-order chi connectivity index (χ1) is 12.7. The molecule has 3 aromatic heterocycles. The van der Waals surface area contributed by atoms with Crippen molar-refractivity contribution in [2.75, 3.05) is 13.2 Å². The standard InChI is InChI=1S/C18H18N6O2/c1-11-9-26-7-6-14(11)24-16-13(21-18(24)25)8-19-17(22-16)23-10-20-12-4-2-3-5-15(12)23/h2-5,8,10-11,14H,6-7,9H2,1H3,(H,21,25)/t11-,14+/m0/s1. The van der Waals surface area contributed by atoms with Gasteiger partial charge in [-0.2, -0.15) is 4.98 Å². The highest BCUT2D eigenvalue weighted by atomic mass is 16.5. The van der Waals surface area contributed by atoms with Crippen LogP contribution in [-0.2, 0) is 4.74 Å². The van der Waals surface area contributed by atoms with E-state index in [1.54, 1.807) is 17.1 Å². The summed E-state index contributed by atoms with van der Waals surface area (Å²) >= 11 is 0. The van der Waals surface area contributed by atoms with Crippen molar-refractivity contribution < 1.29 is 4.74 Å². The second kappa shape index (κ2) is 5.77. The van der Waals surface area contributed by atoms with E-state index in [-0.39, 0.29) is 17.6 Å². The highest BCUT2D eigenvalue weighted by Crippen LogP contribution is 2.27. The maximum absolute atomic E-state index is 12.6. The van der Waals surface area contributed by atoms with Crippen LogP contribution in [0.4, 0.5) is 0 Å². The molecule has 8 heteroatoms. The number of imidazole rings is 2. The smallest absolute Gasteiger partial charge is 0.327 e. The minimum absolute atomic E-state index is 0.0623. The van der Waals surface area contributed by atoms with Crippen molar-refractivity contribution in [1.29, 1.82) is 0 Å². The predicted octanol–water partition coefficient (Wildman–Crippen LogP) is 2.06. The van der Waals surface area contributed by atoms with Crippen LogP contribution in [0.1, 0.15) is 19.4 Å². The molecule has 1 aliphatic rings. The molecule has 1 aromatic carbocycles. The molecule has 0 aliphatic carbocycles. The molecule has 0 amide bonds. The predicted molar refractivity (Wildman–Crippen MR) is 96.4 cm³/mol. The Bertz CT molecular complexity index is 1160. The zero-order chi connectivity index (χ0) is 17.7. The zero-order valence-corrected chi connectivity index (χ0v) is 14.3. The number of hydrogen-bond donors (Lipinski definition) is 1. The molecule has 1 saturated heterocycles. The molecule has 8 nitrogen and oxygen atoms in total. The molecule has 4 heterocycles. The average Bonchev–Trinajstić information content (AvgIpc) is 3.22. The highest BCUT2D eigenvalue weighted by Gasteiger charge is 2.27. The van der Waals surface area contributed by atoms with Gasteiger partial charge in [-0.3, -0.25) is 9.13 Å². The Morgan fingerprint density at radius 1 is 1.27 bits per heavy atom. The Balaban J connectivity index is 1.70. The molecule has 4 aromatic rings. The number of benzene rings is 1. The van der Waals surface area contributed by atoms with Crippen molar-refractivity contribution in [2.45, 2.75) is 19.4 Å². The Morgan fingerprint density at radius 3 is 3.04 bits per heavy atom. The third-order valence-electron chi connectivity index (χ3n) is 5.04. The van der Waals surface area contributed by atoms with Crippen LogP contribution in [0.15, 0.2) is 41.6 Å². The molecule has 0 radical (unpaired) electrons. The number of ether oxygens (including phenoxy) is 1. The van der Waals surface area contributed by atoms with E-state index in [9.17, 15) is 4.79 Å². The topological polar surface area (TPSA) is 90.6 Å². The summed E-state index contributed by atoms with van der Waals surface area (Å²) in [6.45, 7) is 3.40. The van der Waals surface area contributed by atoms with E-state index in [1.807, 2.05) is 28.8 Å². The quantitative estimate of drug-likeness (QED) is 0.597. The number of fused-ring (bicyclic) bond motifs is 2. The normalized spacial score (nSPS) is 20.8. The van der Waals surface area contributed by atoms with Crippen molar-refractivity contribution in [3.63, 3.8) is 0 Å². The van der Waals surface area contributed by atoms with Crippen LogP contribution in [0.25, 0.3) is 28.1 Å². The van der Waals surface area contributed by atoms with E-state index in [4.69, 9.17) is 9.72 Å². The SMILES string of the molecule is C[C@H]1COCC[C@H]1n1c(=O)[nH]c2cnc(-n3cnc4ccccc43)nc21. The Hall–Kier alpha value is -3.00. The Morgan fingerprint density at radius 2 is 2.15 bits per heavy atom. The van der Waals surface area contributed by atoms with E-state index in [1.165, 1.54) is 0 Å². The van der Waals surface area contributed by atoms with Gasteiger partial charge in [0.2, 0.25) is 5.95 Å². The van der Waals surface area contributed by atoms with E-state index in [2.05, 4.69) is 21.9 Å². The van der Waals surface area contributed by atoms with E-state index >= 15 is 0 Å². The van der Waals surface area contributed by atoms with Crippen molar-refractivity contribution in [2.24, 2.45) is 5.92 Å². The molecule has 0 unspecified atom stereocenters. The van der Waals surface area contributed by atoms with Gasteiger partial charge in [-0.15, -0.1) is 0 Å². The summed E-state index contributed by atoms with van der Waals surface area (Å²) in [4.78, 5) is 29.0. The number of aromatic amines is 1. The van der Waals surface area contributed by atoms with Gasteiger partial charge in [0.25, 0.3) is 0 Å². The van der Waals surface area contributed by atoms with Crippen LogP contribution < -0.4 is 5.69 Å². The van der Waals surface area contributed by atoms with E-state index in [0.717, 1.165) is 17.5 Å². The highest BCUT2D eigenvalue weighted by molar-refractivity contribution is 5.77. The number of H-pyrrole nitrogens is 1. The fourth-order valence-corrected chi connectivity index (χ4v) is 3.70. The largest absolute Gasteiger partial charge is 0.381 e. The summed E-state index contributed by atoms with van der Waals surface area (Å²) in [6, 6.07) is 7.88. The third kappa shape index (κ3) is 2.26. The first kappa shape index (κ1) is 15.3. The molecular formula is C18H18N6O2. The van der Waals surface area contributed by atoms with Crippen LogP contribution in [0.5, 0.6) is 0 Å². The molecule has 132 valence electrons. The molecule has 0 spiro atoms. The first-order valence-electron chi connectivity index (χ1n) is 8.70. The molecule has 1 fully saturated rings. The van der Waals surface area contributed by atoms with E-state index < -0.39 is 0 Å². The third-order valence-corrected chi connectivity index (χ3v) is 5.04. The average molecular weight is 350 g/mol. The molecule has 0 saturated carbocycles. The summed E-state index contributed by atoms with van der Waals surface area (Å²) in [5.74, 6) is 0.742. The van der Waals surface area contributed by atoms with Crippen LogP contribution in [0.3, 0.4) is 0 Å². The molecule has 1 N–H and O–H groups in total. The van der Waals surface area contributed by atoms with Gasteiger partial charge < -0.3 is 9.72 Å². The minimum atomic E-state index is -0.152. The lowest BCUT2D eigenvalue weighted by atomic mass is 9.98. The maximum Gasteiger partial charge on any atom is 0.327 e. The van der Waals surface area contributed by atoms with Crippen molar-refractivity contribution in [3.05, 3.63) is 47.3 Å². The number of aromatic nitrogens is 6. The lowest BCUT2D eigenvalue weighted by Crippen LogP contribution is -2.33. The van der Waals surface area contributed by atoms with Gasteiger partial charge in [0.1, 0.15) is 11.8 Å². The Kier molecular flexibility index (Phi) is 3.39. The number of para-hydroxylation sites is 2. The lowest BCUT2D eigenvalue weighted by Gasteiger charge is -2.29. The van der Waals surface area contributed by atoms with Crippen LogP contribution in [0.2, 0.25) is 0 Å². The summed E-state index contributed by atoms with van der Waals surface area (Å²) < 4.78 is 9.12. The number of hydrogen-bond acceptors (Lipinski definition) is 5. The summed E-state index contributed by atoms with van der Waals surface area (Å²) in [5.41, 5.74) is 2.91. The number of rotatable bonds is 2. The maximum atomic E-state index is 12.6. The van der Waals surface area contributed by atoms with Crippen LogP contribution in [0, 0.1) is 5.92 Å². The van der Waals surface area contributed by atoms with Gasteiger partial charge in [-0.1, -0.05) is 19.1 Å². The fraction of sp³-hybridized carbons (Fsp3) is 0.333. The zero-order valence-electron chi connectivity index (χ0n) is 14.3. The first-order valence-corrected chi connectivity index (χ1v) is 8.70. The molecule has 0 bridgehead atoms.